The molecule has 0 aliphatic heterocycles. The maximum Gasteiger partial charge on any atom is 0.146 e. The van der Waals surface area contributed by atoms with Crippen LogP contribution in [-0.4, -0.2) is 9.55 Å². The summed E-state index contributed by atoms with van der Waals surface area (Å²) in [5.74, 6) is 0.956. The van der Waals surface area contributed by atoms with E-state index in [9.17, 15) is 0 Å². The third-order valence-corrected chi connectivity index (χ3v) is 9.55. The number of nitrogens with zero attached hydrogens (tertiary/aromatic N) is 2. The second kappa shape index (κ2) is 9.25. The molecule has 2 heteroatoms. The molecule has 0 N–H and O–H groups in total. The maximum absolute atomic E-state index is 5.33. The number of benzene rings is 8. The van der Waals surface area contributed by atoms with Crippen LogP contribution >= 0.6 is 0 Å². The average Bonchev–Trinajstić information content (AvgIpc) is 3.65. The van der Waals surface area contributed by atoms with Gasteiger partial charge in [-0.05, 0) is 90.0 Å². The first kappa shape index (κ1) is 24.5. The zero-order chi connectivity index (χ0) is 29.5. The molecule has 0 saturated carbocycles. The van der Waals surface area contributed by atoms with Gasteiger partial charge in [-0.15, -0.1) is 0 Å². The molecular weight excluding hydrogens is 544 g/mol. The summed E-state index contributed by atoms with van der Waals surface area (Å²) in [6.07, 6.45) is 0. The number of imidazole rings is 1. The van der Waals surface area contributed by atoms with E-state index in [1.807, 2.05) is 0 Å². The van der Waals surface area contributed by atoms with Crippen LogP contribution in [0.2, 0.25) is 0 Å². The van der Waals surface area contributed by atoms with Crippen LogP contribution in [0, 0.1) is 0 Å². The molecule has 0 fully saturated rings. The average molecular weight is 571 g/mol. The van der Waals surface area contributed by atoms with Crippen molar-refractivity contribution in [3.05, 3.63) is 158 Å². The Labute approximate surface area is 260 Å². The molecule has 208 valence electrons. The lowest BCUT2D eigenvalue weighted by atomic mass is 9.85. The monoisotopic (exact) mass is 570 g/mol. The molecular formula is C43H26N2. The van der Waals surface area contributed by atoms with Crippen LogP contribution < -0.4 is 0 Å². The third kappa shape index (κ3) is 3.37. The largest absolute Gasteiger partial charge is 0.292 e. The molecule has 9 aromatic rings. The minimum atomic E-state index is 0.956. The predicted molar refractivity (Wildman–Crippen MR) is 189 cm³/mol. The molecule has 1 heterocycles. The van der Waals surface area contributed by atoms with Crippen LogP contribution in [0.4, 0.5) is 0 Å². The van der Waals surface area contributed by atoms with Gasteiger partial charge in [0, 0.05) is 11.3 Å². The van der Waals surface area contributed by atoms with E-state index in [-0.39, 0.29) is 0 Å². The Hall–Kier alpha value is -5.99. The molecule has 10 rings (SSSR count). The topological polar surface area (TPSA) is 17.8 Å². The highest BCUT2D eigenvalue weighted by atomic mass is 15.1. The molecule has 0 amide bonds. The van der Waals surface area contributed by atoms with Crippen molar-refractivity contribution >= 4 is 43.4 Å². The molecule has 0 atom stereocenters. The van der Waals surface area contributed by atoms with Crippen LogP contribution in [0.15, 0.2) is 158 Å². The zero-order valence-electron chi connectivity index (χ0n) is 24.4. The summed E-state index contributed by atoms with van der Waals surface area (Å²) in [6.45, 7) is 0. The summed E-state index contributed by atoms with van der Waals surface area (Å²) in [6, 6.07) is 57.1. The first-order valence-electron chi connectivity index (χ1n) is 15.5. The Kier molecular flexibility index (Phi) is 5.03. The van der Waals surface area contributed by atoms with Gasteiger partial charge in [-0.2, -0.15) is 0 Å². The van der Waals surface area contributed by atoms with E-state index < -0.39 is 0 Å². The Morgan fingerprint density at radius 2 is 0.867 bits per heavy atom. The third-order valence-electron chi connectivity index (χ3n) is 9.55. The van der Waals surface area contributed by atoms with Crippen molar-refractivity contribution in [2.45, 2.75) is 0 Å². The Morgan fingerprint density at radius 1 is 0.356 bits per heavy atom. The van der Waals surface area contributed by atoms with Gasteiger partial charge in [-0.1, -0.05) is 133 Å². The van der Waals surface area contributed by atoms with E-state index in [0.29, 0.717) is 0 Å². The highest BCUT2D eigenvalue weighted by molar-refractivity contribution is 6.26. The van der Waals surface area contributed by atoms with Crippen molar-refractivity contribution < 1.29 is 0 Å². The number of aromatic nitrogens is 2. The summed E-state index contributed by atoms with van der Waals surface area (Å²) in [5.41, 5.74) is 12.2. The fraction of sp³-hybridized carbons (Fsp3) is 0. The highest BCUT2D eigenvalue weighted by Gasteiger charge is 2.25. The maximum atomic E-state index is 5.33. The number of hydrogen-bond acceptors (Lipinski definition) is 1. The van der Waals surface area contributed by atoms with Gasteiger partial charge in [0.2, 0.25) is 0 Å². The Morgan fingerprint density at radius 3 is 1.58 bits per heavy atom. The first-order chi connectivity index (χ1) is 22.4. The summed E-state index contributed by atoms with van der Waals surface area (Å²) >= 11 is 0. The van der Waals surface area contributed by atoms with Crippen molar-refractivity contribution in [2.75, 3.05) is 0 Å². The molecule has 45 heavy (non-hydrogen) atoms. The lowest BCUT2D eigenvalue weighted by Crippen LogP contribution is -1.99. The smallest absolute Gasteiger partial charge is 0.146 e. The van der Waals surface area contributed by atoms with Crippen molar-refractivity contribution in [1.29, 1.82) is 0 Å². The van der Waals surface area contributed by atoms with Gasteiger partial charge in [0.25, 0.3) is 0 Å². The van der Waals surface area contributed by atoms with Gasteiger partial charge >= 0.3 is 0 Å². The van der Waals surface area contributed by atoms with Crippen LogP contribution in [0.5, 0.6) is 0 Å². The first-order valence-corrected chi connectivity index (χ1v) is 15.5. The van der Waals surface area contributed by atoms with Crippen molar-refractivity contribution in [1.82, 2.24) is 9.55 Å². The quantitative estimate of drug-likeness (QED) is 0.193. The van der Waals surface area contributed by atoms with Crippen LogP contribution in [-0.2, 0) is 0 Å². The number of para-hydroxylation sites is 3. The molecule has 1 aliphatic carbocycles. The molecule has 0 radical (unpaired) electrons. The van der Waals surface area contributed by atoms with Crippen LogP contribution in [0.1, 0.15) is 0 Å². The van der Waals surface area contributed by atoms with Gasteiger partial charge in [0.05, 0.1) is 11.0 Å². The summed E-state index contributed by atoms with van der Waals surface area (Å²) in [4.78, 5) is 5.33. The predicted octanol–water partition coefficient (Wildman–Crippen LogP) is 11.5. The molecule has 2 nitrogen and oxygen atoms in total. The van der Waals surface area contributed by atoms with Gasteiger partial charge < -0.3 is 0 Å². The Balaban J connectivity index is 1.35. The summed E-state index contributed by atoms with van der Waals surface area (Å²) < 4.78 is 2.32. The van der Waals surface area contributed by atoms with E-state index >= 15 is 0 Å². The highest BCUT2D eigenvalue weighted by Crippen LogP contribution is 2.51. The van der Waals surface area contributed by atoms with E-state index in [4.69, 9.17) is 4.98 Å². The van der Waals surface area contributed by atoms with E-state index in [0.717, 1.165) is 28.1 Å². The fourth-order valence-corrected chi connectivity index (χ4v) is 7.72. The molecule has 1 aromatic heterocycles. The number of rotatable bonds is 3. The van der Waals surface area contributed by atoms with E-state index in [1.54, 1.807) is 0 Å². The molecule has 0 bridgehead atoms. The normalized spacial score (nSPS) is 12.0. The van der Waals surface area contributed by atoms with Crippen molar-refractivity contribution in [2.24, 2.45) is 0 Å². The van der Waals surface area contributed by atoms with Crippen molar-refractivity contribution in [3.8, 4) is 50.5 Å². The molecule has 8 aromatic carbocycles. The van der Waals surface area contributed by atoms with Crippen LogP contribution in [0.25, 0.3) is 93.8 Å². The minimum absolute atomic E-state index is 0.956. The Bertz CT molecular complexity index is 2560. The van der Waals surface area contributed by atoms with Gasteiger partial charge in [0.1, 0.15) is 5.82 Å². The van der Waals surface area contributed by atoms with Gasteiger partial charge in [0.15, 0.2) is 0 Å². The standard InChI is InChI=1S/C43H26N2/c1-2-13-27(14-3-1)45-39-24-11-10-23-38(39)44-43(45)42-34-19-8-6-17-31(34)41(32-18-7-9-20-35(32)42)37-26-25-36-29-16-5-4-15-28(29)30-21-12-22-33(37)40(30)36/h1-26H. The van der Waals surface area contributed by atoms with Gasteiger partial charge in [-0.3, -0.25) is 4.57 Å². The second-order valence-corrected chi connectivity index (χ2v) is 11.9. The lowest BCUT2D eigenvalue weighted by Gasteiger charge is -2.19. The van der Waals surface area contributed by atoms with Crippen LogP contribution in [0.3, 0.4) is 0 Å². The minimum Gasteiger partial charge on any atom is -0.292 e. The SMILES string of the molecule is c1ccc(-n2c(-c3c4ccccc4c(-c4ccc5c6c(cccc46)-c4ccccc4-5)c4ccccc34)nc3ccccc32)cc1. The molecule has 0 spiro atoms. The van der Waals surface area contributed by atoms with E-state index in [2.05, 4.69) is 162 Å². The summed E-state index contributed by atoms with van der Waals surface area (Å²) in [7, 11) is 0. The lowest BCUT2D eigenvalue weighted by molar-refractivity contribution is 1.11. The molecule has 0 saturated heterocycles. The molecule has 0 unspecified atom stereocenters. The molecule has 1 aliphatic rings. The number of hydrogen-bond donors (Lipinski definition) is 0. The fourth-order valence-electron chi connectivity index (χ4n) is 7.72. The second-order valence-electron chi connectivity index (χ2n) is 11.9. The van der Waals surface area contributed by atoms with Gasteiger partial charge in [-0.25, -0.2) is 4.98 Å². The zero-order valence-corrected chi connectivity index (χ0v) is 24.4. The summed E-state index contributed by atoms with van der Waals surface area (Å²) in [5, 5.41) is 7.50. The number of fused-ring (bicyclic) bond motifs is 6. The van der Waals surface area contributed by atoms with Crippen molar-refractivity contribution in [3.63, 3.8) is 0 Å². The van der Waals surface area contributed by atoms with E-state index in [1.165, 1.54) is 65.7 Å².